The number of rotatable bonds is 1. The molecule has 2 unspecified atom stereocenters. The molecule has 1 rings (SSSR count). The van der Waals surface area contributed by atoms with Gasteiger partial charge in [0.1, 0.15) is 0 Å². The van der Waals surface area contributed by atoms with Crippen molar-refractivity contribution in [3.8, 4) is 0 Å². The molecule has 0 amide bonds. The molecule has 1 saturated heterocycles. The molecule has 13 heavy (non-hydrogen) atoms. The van der Waals surface area contributed by atoms with Crippen LogP contribution in [0.15, 0.2) is 0 Å². The Hall–Kier alpha value is -0.0800. The van der Waals surface area contributed by atoms with E-state index in [0.717, 1.165) is 6.54 Å². The van der Waals surface area contributed by atoms with E-state index in [1.54, 1.807) is 0 Å². The minimum absolute atomic E-state index is 0.357. The minimum atomic E-state index is 0.357. The molecule has 0 bridgehead atoms. The molecule has 1 fully saturated rings. The third-order valence-corrected chi connectivity index (χ3v) is 3.11. The summed E-state index contributed by atoms with van der Waals surface area (Å²) >= 11 is 0. The van der Waals surface area contributed by atoms with Crippen LogP contribution in [0, 0.1) is 5.41 Å². The summed E-state index contributed by atoms with van der Waals surface area (Å²) in [6.45, 7) is 13.9. The zero-order valence-corrected chi connectivity index (χ0v) is 9.96. The van der Waals surface area contributed by atoms with E-state index < -0.39 is 0 Å². The van der Waals surface area contributed by atoms with Crippen molar-refractivity contribution >= 4 is 0 Å². The van der Waals surface area contributed by atoms with Crippen molar-refractivity contribution in [1.29, 1.82) is 0 Å². The number of hydrogen-bond donors (Lipinski definition) is 0. The van der Waals surface area contributed by atoms with Crippen LogP contribution in [-0.2, 0) is 0 Å². The summed E-state index contributed by atoms with van der Waals surface area (Å²) in [6, 6.07) is 0.698. The third-order valence-electron chi connectivity index (χ3n) is 3.11. The summed E-state index contributed by atoms with van der Waals surface area (Å²) in [5.74, 6) is 0. The van der Waals surface area contributed by atoms with Crippen molar-refractivity contribution in [1.82, 2.24) is 9.80 Å². The standard InChI is InChI=1S/C11H24N2/c1-7-13-8-9(2)12(6)10(13)11(3,4)5/h9-10H,7-8H2,1-6H3. The molecule has 0 saturated carbocycles. The highest BCUT2D eigenvalue weighted by Crippen LogP contribution is 2.32. The number of hydrogen-bond acceptors (Lipinski definition) is 2. The van der Waals surface area contributed by atoms with Gasteiger partial charge >= 0.3 is 0 Å². The Kier molecular flexibility index (Phi) is 3.03. The highest BCUT2D eigenvalue weighted by Gasteiger charge is 2.40. The van der Waals surface area contributed by atoms with Gasteiger partial charge in [0.25, 0.3) is 0 Å². The molecule has 0 N–H and O–H groups in total. The molecule has 0 aromatic rings. The zero-order valence-electron chi connectivity index (χ0n) is 9.96. The van der Waals surface area contributed by atoms with Crippen molar-refractivity contribution in [3.63, 3.8) is 0 Å². The van der Waals surface area contributed by atoms with Gasteiger partial charge in [-0.05, 0) is 25.9 Å². The Morgan fingerprint density at radius 1 is 1.31 bits per heavy atom. The van der Waals surface area contributed by atoms with Gasteiger partial charge in [-0.2, -0.15) is 0 Å². The lowest BCUT2D eigenvalue weighted by atomic mass is 9.91. The Balaban J connectivity index is 2.80. The van der Waals surface area contributed by atoms with Crippen LogP contribution in [0.25, 0.3) is 0 Å². The molecular formula is C11H24N2. The fourth-order valence-corrected chi connectivity index (χ4v) is 2.53. The van der Waals surface area contributed by atoms with E-state index >= 15 is 0 Å². The second kappa shape index (κ2) is 3.58. The van der Waals surface area contributed by atoms with E-state index in [-0.39, 0.29) is 0 Å². The third kappa shape index (κ3) is 2.05. The van der Waals surface area contributed by atoms with E-state index in [4.69, 9.17) is 0 Å². The van der Waals surface area contributed by atoms with Crippen molar-refractivity contribution in [2.45, 2.75) is 46.8 Å². The first kappa shape index (κ1) is 11.0. The maximum atomic E-state index is 2.57. The zero-order chi connectivity index (χ0) is 10.2. The predicted molar refractivity (Wildman–Crippen MR) is 57.7 cm³/mol. The smallest absolute Gasteiger partial charge is 0.0673 e. The quantitative estimate of drug-likeness (QED) is 0.615. The van der Waals surface area contributed by atoms with E-state index in [2.05, 4.69) is 51.5 Å². The van der Waals surface area contributed by atoms with Crippen molar-refractivity contribution in [3.05, 3.63) is 0 Å². The summed E-state index contributed by atoms with van der Waals surface area (Å²) in [4.78, 5) is 5.08. The summed E-state index contributed by atoms with van der Waals surface area (Å²) in [5.41, 5.74) is 0.357. The summed E-state index contributed by atoms with van der Waals surface area (Å²) < 4.78 is 0. The Bertz CT molecular complexity index is 171. The van der Waals surface area contributed by atoms with Gasteiger partial charge in [-0.3, -0.25) is 9.80 Å². The molecule has 2 nitrogen and oxygen atoms in total. The maximum Gasteiger partial charge on any atom is 0.0673 e. The van der Waals surface area contributed by atoms with E-state index in [0.29, 0.717) is 17.6 Å². The van der Waals surface area contributed by atoms with Crippen LogP contribution >= 0.6 is 0 Å². The summed E-state index contributed by atoms with van der Waals surface area (Å²) in [6.07, 6.45) is 0.604. The molecule has 1 aliphatic heterocycles. The topological polar surface area (TPSA) is 6.48 Å². The molecule has 0 aromatic heterocycles. The average molecular weight is 184 g/mol. The Morgan fingerprint density at radius 2 is 1.85 bits per heavy atom. The molecule has 2 atom stereocenters. The van der Waals surface area contributed by atoms with Crippen LogP contribution in [0.5, 0.6) is 0 Å². The molecular weight excluding hydrogens is 160 g/mol. The van der Waals surface area contributed by atoms with Gasteiger partial charge < -0.3 is 0 Å². The minimum Gasteiger partial charge on any atom is -0.287 e. The highest BCUT2D eigenvalue weighted by molar-refractivity contribution is 4.91. The second-order valence-electron chi connectivity index (χ2n) is 5.34. The lowest BCUT2D eigenvalue weighted by Crippen LogP contribution is -2.47. The molecule has 1 aliphatic rings. The van der Waals surface area contributed by atoms with Crippen LogP contribution in [-0.4, -0.2) is 42.1 Å². The summed E-state index contributed by atoms with van der Waals surface area (Å²) in [5, 5.41) is 0. The van der Waals surface area contributed by atoms with Crippen LogP contribution in [0.3, 0.4) is 0 Å². The maximum absolute atomic E-state index is 2.57. The summed E-state index contributed by atoms with van der Waals surface area (Å²) in [7, 11) is 2.25. The van der Waals surface area contributed by atoms with E-state index in [9.17, 15) is 0 Å². The molecule has 2 heteroatoms. The van der Waals surface area contributed by atoms with Crippen LogP contribution < -0.4 is 0 Å². The van der Waals surface area contributed by atoms with Gasteiger partial charge in [-0.1, -0.05) is 27.7 Å². The van der Waals surface area contributed by atoms with Crippen LogP contribution in [0.1, 0.15) is 34.6 Å². The second-order valence-corrected chi connectivity index (χ2v) is 5.34. The molecule has 1 heterocycles. The van der Waals surface area contributed by atoms with Crippen molar-refractivity contribution in [2.75, 3.05) is 20.1 Å². The van der Waals surface area contributed by atoms with Gasteiger partial charge in [0.05, 0.1) is 6.17 Å². The first-order chi connectivity index (χ1) is 5.88. The lowest BCUT2D eigenvalue weighted by Gasteiger charge is -2.38. The van der Waals surface area contributed by atoms with Crippen molar-refractivity contribution in [2.24, 2.45) is 5.41 Å². The number of nitrogens with zero attached hydrogens (tertiary/aromatic N) is 2. The molecule has 0 aliphatic carbocycles. The van der Waals surface area contributed by atoms with Crippen molar-refractivity contribution < 1.29 is 0 Å². The monoisotopic (exact) mass is 184 g/mol. The first-order valence-corrected chi connectivity index (χ1v) is 5.34. The normalized spacial score (nSPS) is 32.8. The van der Waals surface area contributed by atoms with Gasteiger partial charge in [-0.25, -0.2) is 0 Å². The van der Waals surface area contributed by atoms with Gasteiger partial charge in [0, 0.05) is 12.6 Å². The highest BCUT2D eigenvalue weighted by atomic mass is 15.4. The van der Waals surface area contributed by atoms with E-state index in [1.807, 2.05) is 0 Å². The fourth-order valence-electron chi connectivity index (χ4n) is 2.53. The lowest BCUT2D eigenvalue weighted by molar-refractivity contribution is 0.0502. The van der Waals surface area contributed by atoms with Crippen LogP contribution in [0.4, 0.5) is 0 Å². The molecule has 0 radical (unpaired) electrons. The average Bonchev–Trinajstić information content (AvgIpc) is 2.26. The fraction of sp³-hybridized carbons (Fsp3) is 1.00. The molecule has 78 valence electrons. The Morgan fingerprint density at radius 3 is 2.15 bits per heavy atom. The molecule has 0 aromatic carbocycles. The number of likely N-dealkylation sites (N-methyl/N-ethyl adjacent to an activating group) is 2. The largest absolute Gasteiger partial charge is 0.287 e. The Labute approximate surface area is 82.9 Å². The van der Waals surface area contributed by atoms with Gasteiger partial charge in [0.2, 0.25) is 0 Å². The van der Waals surface area contributed by atoms with E-state index in [1.165, 1.54) is 6.54 Å². The predicted octanol–water partition coefficient (Wildman–Crippen LogP) is 2.01. The SMILES string of the molecule is CCN1CC(C)N(C)C1C(C)(C)C. The van der Waals surface area contributed by atoms with Crippen LogP contribution in [0.2, 0.25) is 0 Å². The van der Waals surface area contributed by atoms with Gasteiger partial charge in [0.15, 0.2) is 0 Å². The van der Waals surface area contributed by atoms with Gasteiger partial charge in [-0.15, -0.1) is 0 Å². The molecule has 0 spiro atoms. The first-order valence-electron chi connectivity index (χ1n) is 5.34.